The normalized spacial score (nSPS) is 23.0. The van der Waals surface area contributed by atoms with Gasteiger partial charge in [0.2, 0.25) is 0 Å². The number of nitrogens with zero attached hydrogens (tertiary/aromatic N) is 2. The van der Waals surface area contributed by atoms with Crippen molar-refractivity contribution >= 4 is 104 Å². The fourth-order valence-corrected chi connectivity index (χ4v) is 17.7. The van der Waals surface area contributed by atoms with E-state index in [4.69, 9.17) is 4.52 Å². The van der Waals surface area contributed by atoms with Crippen LogP contribution in [-0.4, -0.2) is 50.8 Å². The number of hydrogen-bond donors (Lipinski definition) is 0. The van der Waals surface area contributed by atoms with Crippen molar-refractivity contribution in [3.8, 4) is 5.69 Å². The second kappa shape index (κ2) is 5.89. The van der Waals surface area contributed by atoms with E-state index in [1.54, 1.807) is 5.30 Å². The van der Waals surface area contributed by atoms with Crippen molar-refractivity contribution in [1.29, 1.82) is 0 Å². The molecule has 0 saturated carbocycles. The second-order valence-electron chi connectivity index (χ2n) is 12.8. The molecule has 0 N–H and O–H groups in total. The van der Waals surface area contributed by atoms with Gasteiger partial charge >= 0.3 is 228 Å². The van der Waals surface area contributed by atoms with Gasteiger partial charge in [0.25, 0.3) is 0 Å². The van der Waals surface area contributed by atoms with Crippen molar-refractivity contribution in [2.75, 3.05) is 0 Å². The van der Waals surface area contributed by atoms with Crippen LogP contribution in [0.15, 0.2) is 83.4 Å². The first kappa shape index (κ1) is 20.6. The number of fused-ring (bicyclic) bond motifs is 10. The first-order valence-corrected chi connectivity index (χ1v) is 17.8. The van der Waals surface area contributed by atoms with E-state index < -0.39 is 6.39 Å². The van der Waals surface area contributed by atoms with Gasteiger partial charge in [-0.15, -0.1) is 0 Å². The summed E-state index contributed by atoms with van der Waals surface area (Å²) >= 11 is 0. The van der Waals surface area contributed by atoms with E-state index in [2.05, 4.69) is 118 Å². The molecule has 2 nitrogen and oxygen atoms in total. The van der Waals surface area contributed by atoms with Gasteiger partial charge in [-0.25, -0.2) is 0 Å². The minimum atomic E-state index is -2.28. The van der Waals surface area contributed by atoms with Crippen LogP contribution in [0, 0.1) is 0 Å². The Kier molecular flexibility index (Phi) is 3.19. The van der Waals surface area contributed by atoms with Crippen molar-refractivity contribution < 1.29 is 0 Å². The molecule has 0 bridgehead atoms. The Labute approximate surface area is 226 Å². The standard InChI is InChI=1S/C27H19B7N2P2/c1-27(2)17-8-3-4-9-19(17)31-20-10-5-6-11-21(20)36-22-12-7-13-23(24(22)16-14-15-18(27)25(31)26(16)36)38(29-32(38)30-38)35-37-33-28-34(33)37/h3-15H,1-2H3/q-1. The average Bonchev–Trinajstić information content (AvgIpc) is 3.84. The van der Waals surface area contributed by atoms with Crippen molar-refractivity contribution in [2.24, 2.45) is 4.52 Å². The molecular formula is C27H19B7N2P2-. The van der Waals surface area contributed by atoms with Crippen LogP contribution in [-0.2, 0) is 5.41 Å². The van der Waals surface area contributed by atoms with Gasteiger partial charge in [-0.3, -0.25) is 0 Å². The van der Waals surface area contributed by atoms with E-state index in [1.807, 2.05) is 0 Å². The Morgan fingerprint density at radius 2 is 1.66 bits per heavy atom. The molecule has 11 rings (SSSR count). The fourth-order valence-electron chi connectivity index (χ4n) is 8.39. The minimum absolute atomic E-state index is 0.0395. The topological polar surface area (TPSA) is 17.3 Å². The van der Waals surface area contributed by atoms with E-state index in [1.165, 1.54) is 55.0 Å². The molecule has 0 unspecified atom stereocenters. The first-order valence-electron chi connectivity index (χ1n) is 13.9. The maximum atomic E-state index is 5.77. The van der Waals surface area contributed by atoms with Gasteiger partial charge in [0, 0.05) is 0 Å². The molecule has 0 spiro atoms. The van der Waals surface area contributed by atoms with Gasteiger partial charge in [-0.1, -0.05) is 0 Å². The molecule has 5 aromatic rings. The van der Waals surface area contributed by atoms with Crippen molar-refractivity contribution in [3.05, 3.63) is 90.0 Å². The second-order valence-corrected chi connectivity index (χ2v) is 19.8. The van der Waals surface area contributed by atoms with Crippen LogP contribution in [0.25, 0.3) is 27.5 Å². The Bertz CT molecular complexity index is 2050. The van der Waals surface area contributed by atoms with E-state index in [0.29, 0.717) is 6.21 Å². The quantitative estimate of drug-likeness (QED) is 0.253. The molecule has 4 fully saturated rings. The average molecular weight is 509 g/mol. The van der Waals surface area contributed by atoms with Crippen LogP contribution in [0.1, 0.15) is 25.0 Å². The number of hydrogen-bond acceptors (Lipinski definition) is 1. The monoisotopic (exact) mass is 510 g/mol. The van der Waals surface area contributed by atoms with Gasteiger partial charge < -0.3 is 0 Å². The molecule has 169 valence electrons. The zero-order valence-corrected chi connectivity index (χ0v) is 23.1. The number of aromatic nitrogens is 1. The molecule has 0 amide bonds. The predicted molar refractivity (Wildman–Crippen MR) is 174 cm³/mol. The summed E-state index contributed by atoms with van der Waals surface area (Å²) in [6, 6.07) is 30.4. The fraction of sp³-hybridized carbons (Fsp3) is 0.111. The number of para-hydroxylation sites is 1. The van der Waals surface area contributed by atoms with E-state index >= 15 is 0 Å². The third-order valence-corrected chi connectivity index (χ3v) is 19.2. The van der Waals surface area contributed by atoms with Crippen LogP contribution in [0.3, 0.4) is 0 Å². The summed E-state index contributed by atoms with van der Waals surface area (Å²) in [5, 5.41) is 4.46. The maximum absolute atomic E-state index is 5.77. The molecule has 11 heteroatoms. The van der Waals surface area contributed by atoms with Crippen LogP contribution in [0.4, 0.5) is 0 Å². The SMILES string of the molecule is CC1(C)c2ccccc2B2c3ccccc3-n3c4cccc(P56(N=[P+]7B8[B-]B87)[B]B5[B-]6)c4c4ccc1c2c43. The van der Waals surface area contributed by atoms with Gasteiger partial charge in [-0.2, -0.15) is 0 Å². The summed E-state index contributed by atoms with van der Waals surface area (Å²) in [6.45, 7) is 10.4. The number of benzene rings is 4. The molecule has 6 aliphatic heterocycles. The van der Waals surface area contributed by atoms with Crippen LogP contribution in [0.5, 0.6) is 0 Å². The zero-order chi connectivity index (χ0) is 24.8. The van der Waals surface area contributed by atoms with E-state index in [-0.39, 0.29) is 19.6 Å². The molecular weight excluding hydrogens is 490 g/mol. The van der Waals surface area contributed by atoms with E-state index in [9.17, 15) is 0 Å². The summed E-state index contributed by atoms with van der Waals surface area (Å²) in [6.07, 6.45) is 0.0844. The summed E-state index contributed by atoms with van der Waals surface area (Å²) < 4.78 is 8.39. The third-order valence-electron chi connectivity index (χ3n) is 10.7. The van der Waals surface area contributed by atoms with Crippen molar-refractivity contribution in [1.82, 2.24) is 4.57 Å². The van der Waals surface area contributed by atoms with Gasteiger partial charge in [0.1, 0.15) is 0 Å². The van der Waals surface area contributed by atoms with Crippen LogP contribution in [0.2, 0.25) is 0 Å². The van der Waals surface area contributed by atoms with Gasteiger partial charge in [0.15, 0.2) is 0 Å². The Hall–Kier alpha value is -2.34. The summed E-state index contributed by atoms with van der Waals surface area (Å²) in [4.78, 5) is 0. The molecule has 1 aromatic heterocycles. The Balaban J connectivity index is 1.32. The van der Waals surface area contributed by atoms with Crippen LogP contribution < -0.4 is 21.7 Å². The summed E-state index contributed by atoms with van der Waals surface area (Å²) in [5.74, 6) is 0. The first-order chi connectivity index (χ1) is 18.5. The zero-order valence-electron chi connectivity index (χ0n) is 21.3. The molecule has 4 aromatic carbocycles. The molecule has 4 saturated heterocycles. The molecule has 7 heterocycles. The van der Waals surface area contributed by atoms with Crippen molar-refractivity contribution in [3.63, 3.8) is 0 Å². The van der Waals surface area contributed by atoms with Gasteiger partial charge in [-0.05, 0) is 0 Å². The molecule has 0 aliphatic carbocycles. The van der Waals surface area contributed by atoms with Gasteiger partial charge in [0.05, 0.1) is 0 Å². The van der Waals surface area contributed by atoms with Crippen molar-refractivity contribution in [2.45, 2.75) is 19.3 Å². The molecule has 5 radical (unpaired) electrons. The summed E-state index contributed by atoms with van der Waals surface area (Å²) in [5.41, 5.74) is 11.5. The number of rotatable bonds is 2. The third kappa shape index (κ3) is 2.04. The summed E-state index contributed by atoms with van der Waals surface area (Å²) in [7, 11) is 2.41. The molecule has 38 heavy (non-hydrogen) atoms. The Morgan fingerprint density at radius 3 is 2.42 bits per heavy atom. The Morgan fingerprint density at radius 1 is 0.895 bits per heavy atom. The van der Waals surface area contributed by atoms with Crippen LogP contribution >= 0.6 is 13.9 Å². The molecule has 6 aliphatic rings. The predicted octanol–water partition coefficient (Wildman–Crippen LogP) is 3.05. The van der Waals surface area contributed by atoms with E-state index in [0.717, 1.165) is 12.4 Å². The molecule has 0 atom stereocenters.